The van der Waals surface area contributed by atoms with Crippen molar-refractivity contribution in [1.82, 2.24) is 19.3 Å². The molecule has 0 spiro atoms. The number of imidazole rings is 1. The van der Waals surface area contributed by atoms with Crippen molar-refractivity contribution in [1.29, 1.82) is 0 Å². The summed E-state index contributed by atoms with van der Waals surface area (Å²) in [7, 11) is 3.22. The fourth-order valence-electron chi connectivity index (χ4n) is 1.43. The highest BCUT2D eigenvalue weighted by Crippen LogP contribution is 2.04. The highest BCUT2D eigenvalue weighted by Gasteiger charge is 2.12. The van der Waals surface area contributed by atoms with Crippen LogP contribution in [-0.2, 0) is 14.1 Å². The largest absolute Gasteiger partial charge is 0.327 e. The number of aromatic amines is 1. The van der Waals surface area contributed by atoms with Crippen molar-refractivity contribution in [2.75, 3.05) is 0 Å². The molecule has 0 unspecified atom stereocenters. The number of fused-ring (bicyclic) bond motifs is 1. The summed E-state index contributed by atoms with van der Waals surface area (Å²) in [5.74, 6) is 0.647. The van der Waals surface area contributed by atoms with Crippen molar-refractivity contribution in [3.63, 3.8) is 0 Å². The van der Waals surface area contributed by atoms with Gasteiger partial charge in [-0.1, -0.05) is 0 Å². The lowest BCUT2D eigenvalue weighted by Gasteiger charge is -1.98. The van der Waals surface area contributed by atoms with Crippen LogP contribution in [-0.4, -0.2) is 19.3 Å². The Bertz CT molecular complexity index is 617. The third-order valence-corrected chi connectivity index (χ3v) is 2.31. The maximum absolute atomic E-state index is 11.6. The summed E-state index contributed by atoms with van der Waals surface area (Å²) in [5, 5.41) is 2.39. The second-order valence-corrected chi connectivity index (χ2v) is 3.22. The normalized spacial score (nSPS) is 11.1. The highest BCUT2D eigenvalue weighted by atomic mass is 16.2. The minimum Gasteiger partial charge on any atom is -0.327 e. The standard InChI is InChI=1S/C8H10N4O2/c1-4-9-5-6(11(4)2)8(14)12(3)10-7(5)13/h1-3H3,(H,10,13). The SMILES string of the molecule is Cc1nc2c(=O)[nH]n(C)c(=O)c2n1C. The molecule has 0 saturated carbocycles. The first-order chi connectivity index (χ1) is 6.52. The molecule has 0 fully saturated rings. The Hall–Kier alpha value is -1.85. The number of aromatic nitrogens is 4. The molecule has 74 valence electrons. The number of rotatable bonds is 0. The monoisotopic (exact) mass is 194 g/mol. The van der Waals surface area contributed by atoms with E-state index in [2.05, 4.69) is 10.1 Å². The van der Waals surface area contributed by atoms with E-state index in [9.17, 15) is 9.59 Å². The number of H-pyrrole nitrogens is 1. The van der Waals surface area contributed by atoms with Crippen LogP contribution in [0.25, 0.3) is 11.0 Å². The van der Waals surface area contributed by atoms with Gasteiger partial charge in [-0.15, -0.1) is 0 Å². The molecule has 0 amide bonds. The van der Waals surface area contributed by atoms with Gasteiger partial charge in [-0.3, -0.25) is 19.4 Å². The van der Waals surface area contributed by atoms with E-state index in [1.54, 1.807) is 18.5 Å². The third-order valence-electron chi connectivity index (χ3n) is 2.31. The van der Waals surface area contributed by atoms with E-state index >= 15 is 0 Å². The molecule has 1 N–H and O–H groups in total. The topological polar surface area (TPSA) is 72.7 Å². The average molecular weight is 194 g/mol. The average Bonchev–Trinajstić information content (AvgIpc) is 2.41. The minimum atomic E-state index is -0.342. The van der Waals surface area contributed by atoms with Crippen molar-refractivity contribution in [2.24, 2.45) is 14.1 Å². The van der Waals surface area contributed by atoms with Gasteiger partial charge in [0.15, 0.2) is 5.52 Å². The number of nitrogens with zero attached hydrogens (tertiary/aromatic N) is 3. The zero-order valence-corrected chi connectivity index (χ0v) is 8.16. The fourth-order valence-corrected chi connectivity index (χ4v) is 1.43. The maximum atomic E-state index is 11.6. The van der Waals surface area contributed by atoms with Crippen LogP contribution >= 0.6 is 0 Å². The Kier molecular flexibility index (Phi) is 1.60. The van der Waals surface area contributed by atoms with Crippen molar-refractivity contribution in [2.45, 2.75) is 6.92 Å². The lowest BCUT2D eigenvalue weighted by Crippen LogP contribution is -2.28. The molecule has 0 aliphatic heterocycles. The molecule has 0 aromatic carbocycles. The van der Waals surface area contributed by atoms with Gasteiger partial charge in [-0.05, 0) is 6.92 Å². The lowest BCUT2D eigenvalue weighted by atomic mass is 10.4. The van der Waals surface area contributed by atoms with Crippen LogP contribution < -0.4 is 11.1 Å². The molecule has 0 saturated heterocycles. The van der Waals surface area contributed by atoms with E-state index in [0.29, 0.717) is 11.3 Å². The molecule has 6 nitrogen and oxygen atoms in total. The van der Waals surface area contributed by atoms with Gasteiger partial charge in [-0.2, -0.15) is 0 Å². The van der Waals surface area contributed by atoms with Crippen LogP contribution in [0.4, 0.5) is 0 Å². The first-order valence-corrected chi connectivity index (χ1v) is 4.14. The van der Waals surface area contributed by atoms with Gasteiger partial charge < -0.3 is 4.57 Å². The Balaban J connectivity index is 3.19. The molecule has 2 rings (SSSR count). The van der Waals surface area contributed by atoms with Crippen LogP contribution in [0.5, 0.6) is 0 Å². The van der Waals surface area contributed by atoms with Crippen LogP contribution in [0, 0.1) is 6.92 Å². The van der Waals surface area contributed by atoms with Gasteiger partial charge in [0, 0.05) is 14.1 Å². The molecular formula is C8H10N4O2. The van der Waals surface area contributed by atoms with Gasteiger partial charge in [0.05, 0.1) is 0 Å². The summed E-state index contributed by atoms with van der Waals surface area (Å²) in [5.41, 5.74) is -0.0460. The van der Waals surface area contributed by atoms with E-state index in [1.165, 1.54) is 7.05 Å². The summed E-state index contributed by atoms with van der Waals surface area (Å²) in [4.78, 5) is 27.1. The van der Waals surface area contributed by atoms with Gasteiger partial charge in [-0.25, -0.2) is 4.98 Å². The van der Waals surface area contributed by atoms with Crippen molar-refractivity contribution in [3.8, 4) is 0 Å². The third kappa shape index (κ3) is 0.935. The molecule has 6 heteroatoms. The molecule has 0 bridgehead atoms. The quantitative estimate of drug-likeness (QED) is 0.600. The van der Waals surface area contributed by atoms with E-state index < -0.39 is 0 Å². The number of hydrogen-bond acceptors (Lipinski definition) is 3. The molecular weight excluding hydrogens is 184 g/mol. The number of nitrogens with one attached hydrogen (secondary N) is 1. The summed E-state index contributed by atoms with van der Waals surface area (Å²) in [6.45, 7) is 1.75. The van der Waals surface area contributed by atoms with Crippen molar-refractivity contribution in [3.05, 3.63) is 26.5 Å². The summed E-state index contributed by atoms with van der Waals surface area (Å²) >= 11 is 0. The summed E-state index contributed by atoms with van der Waals surface area (Å²) < 4.78 is 2.78. The Morgan fingerprint density at radius 2 is 1.93 bits per heavy atom. The van der Waals surface area contributed by atoms with E-state index in [-0.39, 0.29) is 16.6 Å². The molecule has 0 aliphatic carbocycles. The molecule has 14 heavy (non-hydrogen) atoms. The lowest BCUT2D eigenvalue weighted by molar-refractivity contribution is 0.698. The first-order valence-electron chi connectivity index (χ1n) is 4.14. The van der Waals surface area contributed by atoms with E-state index in [1.807, 2.05) is 0 Å². The molecule has 2 aromatic heterocycles. The summed E-state index contributed by atoms with van der Waals surface area (Å²) in [6, 6.07) is 0. The zero-order chi connectivity index (χ0) is 10.5. The molecule has 2 aromatic rings. The van der Waals surface area contributed by atoms with Gasteiger partial charge in [0.25, 0.3) is 11.1 Å². The predicted octanol–water partition coefficient (Wildman–Crippen LogP) is -0.731. The second-order valence-electron chi connectivity index (χ2n) is 3.22. The zero-order valence-electron chi connectivity index (χ0n) is 8.16. The van der Waals surface area contributed by atoms with Crippen LogP contribution in [0.15, 0.2) is 9.59 Å². The van der Waals surface area contributed by atoms with Gasteiger partial charge in [0.2, 0.25) is 0 Å². The first kappa shape index (κ1) is 8.74. The fraction of sp³-hybridized carbons (Fsp3) is 0.375. The van der Waals surface area contributed by atoms with Crippen molar-refractivity contribution >= 4 is 11.0 Å². The van der Waals surface area contributed by atoms with Crippen molar-refractivity contribution < 1.29 is 0 Å². The summed E-state index contributed by atoms with van der Waals surface area (Å²) in [6.07, 6.45) is 0. The van der Waals surface area contributed by atoms with Crippen LogP contribution in [0.2, 0.25) is 0 Å². The van der Waals surface area contributed by atoms with Gasteiger partial charge in [0.1, 0.15) is 11.3 Å². The minimum absolute atomic E-state index is 0.202. The second kappa shape index (κ2) is 2.57. The predicted molar refractivity (Wildman–Crippen MR) is 51.3 cm³/mol. The maximum Gasteiger partial charge on any atom is 0.291 e. The molecule has 0 atom stereocenters. The molecule has 0 radical (unpaired) electrons. The molecule has 2 heterocycles. The van der Waals surface area contributed by atoms with E-state index in [4.69, 9.17) is 0 Å². The smallest absolute Gasteiger partial charge is 0.291 e. The Morgan fingerprint density at radius 3 is 2.57 bits per heavy atom. The Morgan fingerprint density at radius 1 is 1.29 bits per heavy atom. The number of hydrogen-bond donors (Lipinski definition) is 1. The van der Waals surface area contributed by atoms with E-state index in [0.717, 1.165) is 4.68 Å². The molecule has 0 aliphatic rings. The highest BCUT2D eigenvalue weighted by molar-refractivity contribution is 5.73. The van der Waals surface area contributed by atoms with Gasteiger partial charge >= 0.3 is 0 Å². The van der Waals surface area contributed by atoms with Crippen LogP contribution in [0.3, 0.4) is 0 Å². The van der Waals surface area contributed by atoms with Crippen LogP contribution in [0.1, 0.15) is 5.82 Å². The number of aryl methyl sites for hydroxylation is 3. The Labute approximate surface area is 78.8 Å².